The van der Waals surface area contributed by atoms with Crippen LogP contribution in [0.4, 0.5) is 0 Å². The summed E-state index contributed by atoms with van der Waals surface area (Å²) in [6.07, 6.45) is 3.90. The van der Waals surface area contributed by atoms with Crippen molar-refractivity contribution in [2.75, 3.05) is 0 Å². The second-order valence-electron chi connectivity index (χ2n) is 5.47. The Balaban J connectivity index is 1.80. The number of benzene rings is 1. The smallest absolute Gasteiger partial charge is 0.207 e. The number of hydrogen-bond acceptors (Lipinski definition) is 2. The molecular weight excluding hydrogens is 406 g/mol. The minimum absolute atomic E-state index is 0.195. The third kappa shape index (κ3) is 2.72. The zero-order chi connectivity index (χ0) is 14.3. The summed E-state index contributed by atoms with van der Waals surface area (Å²) in [6.45, 7) is 0. The number of sulfonamides is 1. The van der Waals surface area contributed by atoms with Crippen molar-refractivity contribution in [3.8, 4) is 0 Å². The number of halogens is 2. The molecule has 4 unspecified atom stereocenters. The second kappa shape index (κ2) is 5.71. The van der Waals surface area contributed by atoms with Crippen LogP contribution in [0.15, 0.2) is 35.2 Å². The monoisotopic (exact) mass is 421 g/mol. The second-order valence-corrected chi connectivity index (χ2v) is 9.66. The summed E-state index contributed by atoms with van der Waals surface area (Å²) in [5, 5.41) is 0. The van der Waals surface area contributed by atoms with Crippen LogP contribution in [0.3, 0.4) is 0 Å². The van der Waals surface area contributed by atoms with Crippen LogP contribution in [-0.2, 0) is 10.0 Å². The van der Waals surface area contributed by atoms with Crippen LogP contribution in [0.2, 0.25) is 0 Å². The van der Waals surface area contributed by atoms with E-state index in [-0.39, 0.29) is 12.1 Å². The molecule has 3 rings (SSSR count). The Morgan fingerprint density at radius 3 is 1.90 bits per heavy atom. The van der Waals surface area contributed by atoms with Gasteiger partial charge in [-0.3, -0.25) is 0 Å². The molecule has 0 aromatic heterocycles. The SMILES string of the molecule is O=S(=O)(c1ccccc1)N1C2CCC(Br)C(Br)CCC21. The van der Waals surface area contributed by atoms with E-state index in [1.165, 1.54) is 0 Å². The van der Waals surface area contributed by atoms with Crippen molar-refractivity contribution >= 4 is 41.9 Å². The number of nitrogens with zero attached hydrogens (tertiary/aromatic N) is 1. The van der Waals surface area contributed by atoms with Crippen LogP contribution in [0.25, 0.3) is 0 Å². The van der Waals surface area contributed by atoms with Crippen molar-refractivity contribution in [3.05, 3.63) is 30.3 Å². The van der Waals surface area contributed by atoms with Crippen molar-refractivity contribution in [2.45, 2.75) is 52.3 Å². The van der Waals surface area contributed by atoms with Gasteiger partial charge in [0.05, 0.1) is 4.90 Å². The standard InChI is InChI=1S/C14H17Br2NO2S/c15-11-6-8-13-14(9-7-12(11)16)17(13)20(18,19)10-4-2-1-3-5-10/h1-5,11-14H,6-9H2. The van der Waals surface area contributed by atoms with Gasteiger partial charge in [0.2, 0.25) is 10.0 Å². The third-order valence-corrected chi connectivity index (χ3v) is 9.06. The Labute approximate surface area is 137 Å². The molecular formula is C14H17Br2NO2S. The topological polar surface area (TPSA) is 37.1 Å². The maximum atomic E-state index is 12.7. The van der Waals surface area contributed by atoms with Crippen LogP contribution >= 0.6 is 31.9 Å². The molecule has 1 aliphatic heterocycles. The largest absolute Gasteiger partial charge is 0.243 e. The molecule has 0 spiro atoms. The molecule has 1 heterocycles. The fraction of sp³-hybridized carbons (Fsp3) is 0.571. The first-order chi connectivity index (χ1) is 9.51. The fourth-order valence-corrected chi connectivity index (χ4v) is 5.99. The number of rotatable bonds is 2. The van der Waals surface area contributed by atoms with Crippen LogP contribution in [0.5, 0.6) is 0 Å². The van der Waals surface area contributed by atoms with Crippen molar-refractivity contribution in [1.82, 2.24) is 4.31 Å². The van der Waals surface area contributed by atoms with Crippen molar-refractivity contribution in [2.24, 2.45) is 0 Å². The summed E-state index contributed by atoms with van der Waals surface area (Å²) in [5.74, 6) is 0. The maximum Gasteiger partial charge on any atom is 0.243 e. The predicted molar refractivity (Wildman–Crippen MR) is 86.9 cm³/mol. The number of alkyl halides is 2. The van der Waals surface area contributed by atoms with Crippen LogP contribution < -0.4 is 0 Å². The highest BCUT2D eigenvalue weighted by Gasteiger charge is 2.55. The first-order valence-corrected chi connectivity index (χ1v) is 10.2. The lowest BCUT2D eigenvalue weighted by molar-refractivity contribution is 0.538. The van der Waals surface area contributed by atoms with Gasteiger partial charge < -0.3 is 0 Å². The zero-order valence-electron chi connectivity index (χ0n) is 11.0. The van der Waals surface area contributed by atoms with Gasteiger partial charge in [-0.05, 0) is 37.8 Å². The van der Waals surface area contributed by atoms with E-state index in [1.54, 1.807) is 28.6 Å². The van der Waals surface area contributed by atoms with E-state index in [0.717, 1.165) is 25.7 Å². The lowest BCUT2D eigenvalue weighted by Crippen LogP contribution is -2.18. The van der Waals surface area contributed by atoms with Crippen LogP contribution in [0.1, 0.15) is 25.7 Å². The molecule has 20 heavy (non-hydrogen) atoms. The zero-order valence-corrected chi connectivity index (χ0v) is 14.9. The highest BCUT2D eigenvalue weighted by molar-refractivity contribution is 9.12. The van der Waals surface area contributed by atoms with E-state index in [0.29, 0.717) is 14.5 Å². The summed E-state index contributed by atoms with van der Waals surface area (Å²) >= 11 is 7.37. The molecule has 0 bridgehead atoms. The van der Waals surface area contributed by atoms with Gasteiger partial charge in [0.15, 0.2) is 0 Å². The molecule has 1 aromatic carbocycles. The minimum atomic E-state index is -3.31. The van der Waals surface area contributed by atoms with Gasteiger partial charge in [0, 0.05) is 21.7 Å². The highest BCUT2D eigenvalue weighted by Crippen LogP contribution is 2.44. The third-order valence-electron chi connectivity index (χ3n) is 4.20. The van der Waals surface area contributed by atoms with Gasteiger partial charge in [-0.25, -0.2) is 8.42 Å². The first-order valence-electron chi connectivity index (χ1n) is 6.88. The van der Waals surface area contributed by atoms with Crippen LogP contribution in [0, 0.1) is 0 Å². The average Bonchev–Trinajstić information content (AvgIpc) is 3.15. The van der Waals surface area contributed by atoms with E-state index in [4.69, 9.17) is 0 Å². The normalized spacial score (nSPS) is 37.6. The predicted octanol–water partition coefficient (Wildman–Crippen LogP) is 3.53. The van der Waals surface area contributed by atoms with Gasteiger partial charge in [0.1, 0.15) is 0 Å². The lowest BCUT2D eigenvalue weighted by Gasteiger charge is -2.17. The Morgan fingerprint density at radius 2 is 1.40 bits per heavy atom. The molecule has 0 N–H and O–H groups in total. The summed E-state index contributed by atoms with van der Waals surface area (Å²) in [7, 11) is -3.31. The molecule has 1 aliphatic carbocycles. The summed E-state index contributed by atoms with van der Waals surface area (Å²) in [6, 6.07) is 9.16. The van der Waals surface area contributed by atoms with E-state index in [9.17, 15) is 8.42 Å². The quantitative estimate of drug-likeness (QED) is 0.540. The fourth-order valence-electron chi connectivity index (χ4n) is 3.04. The molecule has 1 saturated heterocycles. The van der Waals surface area contributed by atoms with E-state index < -0.39 is 10.0 Å². The lowest BCUT2D eigenvalue weighted by atomic mass is 10.0. The molecule has 1 saturated carbocycles. The molecule has 6 heteroatoms. The molecule has 2 aliphatic rings. The van der Waals surface area contributed by atoms with Gasteiger partial charge in [-0.15, -0.1) is 0 Å². The van der Waals surface area contributed by atoms with Crippen molar-refractivity contribution in [3.63, 3.8) is 0 Å². The number of hydrogen-bond donors (Lipinski definition) is 0. The van der Waals surface area contributed by atoms with Gasteiger partial charge in [0.25, 0.3) is 0 Å². The highest BCUT2D eigenvalue weighted by atomic mass is 79.9. The number of fused-ring (bicyclic) bond motifs is 1. The molecule has 1 aromatic rings. The van der Waals surface area contributed by atoms with E-state index >= 15 is 0 Å². The maximum absolute atomic E-state index is 12.7. The van der Waals surface area contributed by atoms with Gasteiger partial charge in [-0.1, -0.05) is 50.1 Å². The van der Waals surface area contributed by atoms with Crippen LogP contribution in [-0.4, -0.2) is 34.5 Å². The average molecular weight is 423 g/mol. The van der Waals surface area contributed by atoms with Gasteiger partial charge in [-0.2, -0.15) is 4.31 Å². The van der Waals surface area contributed by atoms with Crippen molar-refractivity contribution in [1.29, 1.82) is 0 Å². The Kier molecular flexibility index (Phi) is 4.28. The molecule has 110 valence electrons. The molecule has 3 nitrogen and oxygen atoms in total. The van der Waals surface area contributed by atoms with E-state index in [1.807, 2.05) is 6.07 Å². The molecule has 0 radical (unpaired) electrons. The van der Waals surface area contributed by atoms with Crippen molar-refractivity contribution < 1.29 is 8.42 Å². The van der Waals surface area contributed by atoms with E-state index in [2.05, 4.69) is 31.9 Å². The minimum Gasteiger partial charge on any atom is -0.207 e. The Bertz CT molecular complexity index is 560. The van der Waals surface area contributed by atoms with Gasteiger partial charge >= 0.3 is 0 Å². The Hall–Kier alpha value is 0.0900. The first kappa shape index (κ1) is 15.0. The summed E-state index contributed by atoms with van der Waals surface area (Å²) < 4.78 is 27.0. The molecule has 2 fully saturated rings. The molecule has 4 atom stereocenters. The molecule has 0 amide bonds. The summed E-state index contributed by atoms with van der Waals surface area (Å²) in [5.41, 5.74) is 0. The Morgan fingerprint density at radius 1 is 0.900 bits per heavy atom. The summed E-state index contributed by atoms with van der Waals surface area (Å²) in [4.78, 5) is 1.29.